The minimum Gasteiger partial charge on any atom is -0.478 e. The average molecular weight is 280 g/mol. The molecule has 1 N–H and O–H groups in total. The molecule has 1 unspecified atom stereocenters. The minimum atomic E-state index is -0.959. The third-order valence-corrected chi connectivity index (χ3v) is 3.91. The van der Waals surface area contributed by atoms with Crippen LogP contribution in [0, 0.1) is 0 Å². The van der Waals surface area contributed by atoms with Crippen molar-refractivity contribution >= 4 is 29.3 Å². The average Bonchev–Trinajstić information content (AvgIpc) is 2.84. The third kappa shape index (κ3) is 3.10. The van der Waals surface area contributed by atoms with Crippen molar-refractivity contribution in [3.8, 4) is 0 Å². The maximum Gasteiger partial charge on any atom is 0.328 e. The zero-order valence-electron chi connectivity index (χ0n) is 11.0. The smallest absolute Gasteiger partial charge is 0.328 e. The molecular formula is C15H18ClNO2. The normalized spacial score (nSPS) is 19.3. The van der Waals surface area contributed by atoms with Gasteiger partial charge in [0, 0.05) is 34.9 Å². The molecule has 102 valence electrons. The number of hydrogen-bond acceptors (Lipinski definition) is 2. The van der Waals surface area contributed by atoms with Crippen LogP contribution in [0.4, 0.5) is 5.69 Å². The third-order valence-electron chi connectivity index (χ3n) is 3.58. The highest BCUT2D eigenvalue weighted by molar-refractivity contribution is 6.32. The van der Waals surface area contributed by atoms with Gasteiger partial charge in [0.1, 0.15) is 0 Å². The fourth-order valence-electron chi connectivity index (χ4n) is 2.67. The van der Waals surface area contributed by atoms with Gasteiger partial charge < -0.3 is 10.0 Å². The molecule has 2 rings (SSSR count). The van der Waals surface area contributed by atoms with Gasteiger partial charge in [-0.05, 0) is 37.5 Å². The van der Waals surface area contributed by atoms with Gasteiger partial charge in [0.25, 0.3) is 0 Å². The number of benzene rings is 1. The zero-order valence-corrected chi connectivity index (χ0v) is 11.7. The molecule has 1 heterocycles. The molecule has 4 heteroatoms. The number of carbonyl (C=O) groups is 1. The van der Waals surface area contributed by atoms with Gasteiger partial charge in [-0.15, -0.1) is 0 Å². The molecule has 3 nitrogen and oxygen atoms in total. The second kappa shape index (κ2) is 6.11. The van der Waals surface area contributed by atoms with Gasteiger partial charge in [-0.25, -0.2) is 4.79 Å². The lowest BCUT2D eigenvalue weighted by Crippen LogP contribution is -2.29. The summed E-state index contributed by atoms with van der Waals surface area (Å²) in [7, 11) is 0. The van der Waals surface area contributed by atoms with Crippen LogP contribution < -0.4 is 4.90 Å². The number of anilines is 1. The highest BCUT2D eigenvalue weighted by Gasteiger charge is 2.24. The Bertz CT molecular complexity index is 499. The predicted molar refractivity (Wildman–Crippen MR) is 78.8 cm³/mol. The number of nitrogens with zero attached hydrogens (tertiary/aromatic N) is 1. The Morgan fingerprint density at radius 3 is 3.05 bits per heavy atom. The second-order valence-corrected chi connectivity index (χ2v) is 5.15. The molecule has 1 saturated heterocycles. The lowest BCUT2D eigenvalue weighted by molar-refractivity contribution is -0.131. The van der Waals surface area contributed by atoms with Gasteiger partial charge in [0.15, 0.2) is 0 Å². The van der Waals surface area contributed by atoms with Gasteiger partial charge in [0.2, 0.25) is 0 Å². The first-order valence-corrected chi connectivity index (χ1v) is 6.97. The quantitative estimate of drug-likeness (QED) is 0.852. The van der Waals surface area contributed by atoms with Crippen LogP contribution >= 0.6 is 11.6 Å². The van der Waals surface area contributed by atoms with E-state index in [0.29, 0.717) is 11.1 Å². The molecule has 0 aromatic heterocycles. The predicted octanol–water partition coefficient (Wildman–Crippen LogP) is 3.82. The van der Waals surface area contributed by atoms with Crippen molar-refractivity contribution in [3.05, 3.63) is 34.9 Å². The molecule has 1 aliphatic heterocycles. The van der Waals surface area contributed by atoms with Crippen LogP contribution in [0.2, 0.25) is 5.02 Å². The summed E-state index contributed by atoms with van der Waals surface area (Å²) in [6, 6.07) is 6.25. The maximum atomic E-state index is 10.7. The SMILES string of the molecule is CCC1CCCN1c1cccc(Cl)c1/C=C/C(=O)O. The summed E-state index contributed by atoms with van der Waals surface area (Å²) in [4.78, 5) is 13.0. The number of aliphatic carboxylic acids is 1. The fourth-order valence-corrected chi connectivity index (χ4v) is 2.91. The van der Waals surface area contributed by atoms with E-state index in [0.717, 1.165) is 30.3 Å². The molecule has 1 aliphatic rings. The Balaban J connectivity index is 2.39. The molecular weight excluding hydrogens is 262 g/mol. The van der Waals surface area contributed by atoms with Gasteiger partial charge in [-0.2, -0.15) is 0 Å². The summed E-state index contributed by atoms with van der Waals surface area (Å²) in [6.07, 6.45) is 6.18. The Hall–Kier alpha value is -1.48. The molecule has 0 spiro atoms. The van der Waals surface area contributed by atoms with Gasteiger partial charge in [0.05, 0.1) is 0 Å². The lowest BCUT2D eigenvalue weighted by atomic mass is 10.1. The van der Waals surface area contributed by atoms with E-state index in [1.54, 1.807) is 12.1 Å². The van der Waals surface area contributed by atoms with Crippen molar-refractivity contribution in [2.45, 2.75) is 32.2 Å². The standard InChI is InChI=1S/C15H18ClNO2/c1-2-11-5-4-10-17(11)14-7-3-6-13(16)12(14)8-9-15(18)19/h3,6-9,11H,2,4-5,10H2,1H3,(H,18,19)/b9-8+. The molecule has 0 saturated carbocycles. The molecule has 0 bridgehead atoms. The van der Waals surface area contributed by atoms with E-state index >= 15 is 0 Å². The van der Waals surface area contributed by atoms with Crippen LogP contribution in [-0.2, 0) is 4.79 Å². The molecule has 0 amide bonds. The monoisotopic (exact) mass is 279 g/mol. The zero-order chi connectivity index (χ0) is 13.8. The minimum absolute atomic E-state index is 0.524. The Morgan fingerprint density at radius 2 is 2.37 bits per heavy atom. The van der Waals surface area contributed by atoms with Crippen molar-refractivity contribution in [2.24, 2.45) is 0 Å². The first kappa shape index (κ1) is 13.9. The Labute approximate surface area is 118 Å². The van der Waals surface area contributed by atoms with Crippen molar-refractivity contribution in [2.75, 3.05) is 11.4 Å². The molecule has 1 aromatic rings. The summed E-state index contributed by atoms with van der Waals surface area (Å²) >= 11 is 6.21. The van der Waals surface area contributed by atoms with Crippen LogP contribution in [-0.4, -0.2) is 23.7 Å². The number of hydrogen-bond donors (Lipinski definition) is 1. The first-order valence-electron chi connectivity index (χ1n) is 6.59. The van der Waals surface area contributed by atoms with Crippen molar-refractivity contribution in [1.82, 2.24) is 0 Å². The molecule has 19 heavy (non-hydrogen) atoms. The van der Waals surface area contributed by atoms with Crippen molar-refractivity contribution in [3.63, 3.8) is 0 Å². The van der Waals surface area contributed by atoms with Crippen LogP contribution in [0.15, 0.2) is 24.3 Å². The van der Waals surface area contributed by atoms with E-state index in [-0.39, 0.29) is 0 Å². The summed E-state index contributed by atoms with van der Waals surface area (Å²) in [5, 5.41) is 9.37. The number of carboxylic acid groups (broad SMARTS) is 1. The van der Waals surface area contributed by atoms with E-state index in [1.165, 1.54) is 12.8 Å². The number of halogens is 1. The van der Waals surface area contributed by atoms with Crippen LogP contribution in [0.1, 0.15) is 31.7 Å². The molecule has 0 radical (unpaired) electrons. The molecule has 0 aliphatic carbocycles. The largest absolute Gasteiger partial charge is 0.478 e. The van der Waals surface area contributed by atoms with Crippen molar-refractivity contribution in [1.29, 1.82) is 0 Å². The van der Waals surface area contributed by atoms with E-state index in [2.05, 4.69) is 11.8 Å². The summed E-state index contributed by atoms with van der Waals surface area (Å²) in [5.41, 5.74) is 1.83. The number of carboxylic acids is 1. The van der Waals surface area contributed by atoms with Gasteiger partial charge in [-0.1, -0.05) is 24.6 Å². The molecule has 1 fully saturated rings. The first-order chi connectivity index (χ1) is 9.13. The summed E-state index contributed by atoms with van der Waals surface area (Å²) in [6.45, 7) is 3.19. The van der Waals surface area contributed by atoms with Crippen LogP contribution in [0.25, 0.3) is 6.08 Å². The van der Waals surface area contributed by atoms with E-state index in [4.69, 9.17) is 16.7 Å². The van der Waals surface area contributed by atoms with E-state index in [9.17, 15) is 4.79 Å². The topological polar surface area (TPSA) is 40.5 Å². The van der Waals surface area contributed by atoms with Gasteiger partial charge in [-0.3, -0.25) is 0 Å². The number of rotatable bonds is 4. The van der Waals surface area contributed by atoms with Crippen LogP contribution in [0.3, 0.4) is 0 Å². The highest BCUT2D eigenvalue weighted by Crippen LogP contribution is 2.34. The Morgan fingerprint density at radius 1 is 1.58 bits per heavy atom. The fraction of sp³-hybridized carbons (Fsp3) is 0.400. The van der Waals surface area contributed by atoms with Crippen molar-refractivity contribution < 1.29 is 9.90 Å². The Kier molecular flexibility index (Phi) is 4.48. The lowest BCUT2D eigenvalue weighted by Gasteiger charge is -2.28. The van der Waals surface area contributed by atoms with Crippen LogP contribution in [0.5, 0.6) is 0 Å². The van der Waals surface area contributed by atoms with E-state index < -0.39 is 5.97 Å². The van der Waals surface area contributed by atoms with E-state index in [1.807, 2.05) is 12.1 Å². The molecule has 1 atom stereocenters. The highest BCUT2D eigenvalue weighted by atomic mass is 35.5. The summed E-state index contributed by atoms with van der Waals surface area (Å²) in [5.74, 6) is -0.959. The molecule has 1 aromatic carbocycles. The summed E-state index contributed by atoms with van der Waals surface area (Å²) < 4.78 is 0. The maximum absolute atomic E-state index is 10.7. The van der Waals surface area contributed by atoms with Gasteiger partial charge >= 0.3 is 5.97 Å². The second-order valence-electron chi connectivity index (χ2n) is 4.74.